The Morgan fingerprint density at radius 1 is 0.380 bits per heavy atom. The Kier molecular flexibility index (Phi) is 6.42. The average Bonchev–Trinajstić information content (AvgIpc) is 3.75. The van der Waals surface area contributed by atoms with Gasteiger partial charge in [0.2, 0.25) is 0 Å². The van der Waals surface area contributed by atoms with Crippen molar-refractivity contribution in [3.05, 3.63) is 170 Å². The third-order valence-electron chi connectivity index (χ3n) is 9.48. The lowest BCUT2D eigenvalue weighted by atomic mass is 9.96. The van der Waals surface area contributed by atoms with E-state index in [2.05, 4.69) is 102 Å². The van der Waals surface area contributed by atoms with Crippen LogP contribution >= 0.6 is 0 Å². The molecule has 5 heteroatoms. The van der Waals surface area contributed by atoms with Crippen molar-refractivity contribution in [1.82, 2.24) is 19.5 Å². The second-order valence-corrected chi connectivity index (χ2v) is 12.4. The van der Waals surface area contributed by atoms with Crippen LogP contribution in [0.1, 0.15) is 0 Å². The minimum atomic E-state index is 0.565. The molecular formula is C45H28N4O. The molecule has 0 aliphatic carbocycles. The lowest BCUT2D eigenvalue weighted by molar-refractivity contribution is 0.669. The molecule has 7 aromatic carbocycles. The fraction of sp³-hybridized carbons (Fsp3) is 0. The van der Waals surface area contributed by atoms with Crippen LogP contribution in [0.2, 0.25) is 0 Å². The topological polar surface area (TPSA) is 56.7 Å². The van der Waals surface area contributed by atoms with E-state index in [-0.39, 0.29) is 0 Å². The number of para-hydroxylation sites is 3. The van der Waals surface area contributed by atoms with Crippen molar-refractivity contribution in [2.75, 3.05) is 0 Å². The molecule has 3 heterocycles. The van der Waals surface area contributed by atoms with Crippen molar-refractivity contribution in [2.24, 2.45) is 0 Å². The second kappa shape index (κ2) is 11.4. The van der Waals surface area contributed by atoms with Crippen molar-refractivity contribution in [3.63, 3.8) is 0 Å². The van der Waals surface area contributed by atoms with Crippen LogP contribution in [0.25, 0.3) is 94.7 Å². The van der Waals surface area contributed by atoms with Gasteiger partial charge in [0, 0.05) is 38.4 Å². The van der Waals surface area contributed by atoms with Crippen molar-refractivity contribution in [2.45, 2.75) is 0 Å². The van der Waals surface area contributed by atoms with E-state index in [1.165, 1.54) is 21.8 Å². The minimum Gasteiger partial charge on any atom is -0.455 e. The molecule has 10 aromatic rings. The summed E-state index contributed by atoms with van der Waals surface area (Å²) < 4.78 is 9.01. The van der Waals surface area contributed by atoms with Crippen molar-refractivity contribution in [3.8, 4) is 51.0 Å². The van der Waals surface area contributed by atoms with Crippen LogP contribution in [0.4, 0.5) is 0 Å². The Bertz CT molecular complexity index is 2740. The summed E-state index contributed by atoms with van der Waals surface area (Å²) in [7, 11) is 0. The molecule has 0 radical (unpaired) electrons. The van der Waals surface area contributed by atoms with Crippen LogP contribution in [0.3, 0.4) is 0 Å². The van der Waals surface area contributed by atoms with Gasteiger partial charge in [-0.05, 0) is 47.5 Å². The van der Waals surface area contributed by atoms with Gasteiger partial charge in [0.1, 0.15) is 11.2 Å². The molecule has 0 aliphatic heterocycles. The fourth-order valence-electron chi connectivity index (χ4n) is 7.16. The van der Waals surface area contributed by atoms with E-state index >= 15 is 0 Å². The summed E-state index contributed by atoms with van der Waals surface area (Å²) in [5.74, 6) is 1.79. The van der Waals surface area contributed by atoms with Gasteiger partial charge in [0.15, 0.2) is 17.5 Å². The molecule has 0 saturated carbocycles. The Balaban J connectivity index is 1.16. The molecule has 0 amide bonds. The van der Waals surface area contributed by atoms with E-state index in [0.717, 1.165) is 55.4 Å². The number of rotatable bonds is 5. The molecule has 0 saturated heterocycles. The summed E-state index contributed by atoms with van der Waals surface area (Å²) in [5, 5.41) is 4.58. The predicted molar refractivity (Wildman–Crippen MR) is 203 cm³/mol. The van der Waals surface area contributed by atoms with Gasteiger partial charge in [0.05, 0.1) is 16.6 Å². The maximum Gasteiger partial charge on any atom is 0.167 e. The molecule has 234 valence electrons. The summed E-state index contributed by atoms with van der Waals surface area (Å²) in [5.41, 5.74) is 9.92. The molecule has 3 aromatic heterocycles. The van der Waals surface area contributed by atoms with E-state index in [1.807, 2.05) is 72.8 Å². The lowest BCUT2D eigenvalue weighted by Crippen LogP contribution is -2.00. The normalized spacial score (nSPS) is 11.6. The summed E-state index contributed by atoms with van der Waals surface area (Å²) in [6.45, 7) is 0. The van der Waals surface area contributed by atoms with Gasteiger partial charge in [-0.15, -0.1) is 0 Å². The maximum absolute atomic E-state index is 6.67. The number of hydrogen-bond donors (Lipinski definition) is 0. The summed E-state index contributed by atoms with van der Waals surface area (Å²) in [6, 6.07) is 58.6. The Morgan fingerprint density at radius 2 is 0.880 bits per heavy atom. The Morgan fingerprint density at radius 3 is 1.50 bits per heavy atom. The van der Waals surface area contributed by atoms with Gasteiger partial charge < -0.3 is 8.98 Å². The van der Waals surface area contributed by atoms with Crippen molar-refractivity contribution >= 4 is 43.7 Å². The highest BCUT2D eigenvalue weighted by Crippen LogP contribution is 2.42. The molecule has 0 fully saturated rings. The number of hydrogen-bond acceptors (Lipinski definition) is 4. The molecule has 0 bridgehead atoms. The fourth-order valence-corrected chi connectivity index (χ4v) is 7.16. The minimum absolute atomic E-state index is 0.565. The number of fused-ring (bicyclic) bond motifs is 6. The smallest absolute Gasteiger partial charge is 0.167 e. The molecule has 50 heavy (non-hydrogen) atoms. The van der Waals surface area contributed by atoms with Gasteiger partial charge in [0.25, 0.3) is 0 Å². The number of aromatic nitrogens is 4. The highest BCUT2D eigenvalue weighted by Gasteiger charge is 2.21. The summed E-state index contributed by atoms with van der Waals surface area (Å²) in [6.07, 6.45) is 0. The van der Waals surface area contributed by atoms with Crippen LogP contribution in [0.15, 0.2) is 174 Å². The van der Waals surface area contributed by atoms with Gasteiger partial charge in [-0.25, -0.2) is 15.0 Å². The third-order valence-corrected chi connectivity index (χ3v) is 9.48. The van der Waals surface area contributed by atoms with Crippen LogP contribution in [-0.2, 0) is 0 Å². The lowest BCUT2D eigenvalue weighted by Gasteiger charge is -2.12. The number of furan rings is 1. The summed E-state index contributed by atoms with van der Waals surface area (Å²) in [4.78, 5) is 15.0. The predicted octanol–water partition coefficient (Wildman–Crippen LogP) is 11.5. The van der Waals surface area contributed by atoms with Gasteiger partial charge in [-0.3, -0.25) is 0 Å². The first-order valence-electron chi connectivity index (χ1n) is 16.7. The first-order chi connectivity index (χ1) is 24.8. The van der Waals surface area contributed by atoms with Crippen molar-refractivity contribution < 1.29 is 4.42 Å². The molecule has 0 unspecified atom stereocenters. The van der Waals surface area contributed by atoms with E-state index in [9.17, 15) is 0 Å². The van der Waals surface area contributed by atoms with E-state index in [4.69, 9.17) is 19.4 Å². The monoisotopic (exact) mass is 640 g/mol. The zero-order chi connectivity index (χ0) is 33.0. The SMILES string of the molecule is c1ccc(-c2nc(-c3ccccc3)nc(-c3ccc(-c4ccc(-n5c6ccccc6c6ccccc65)cc4)c4c3oc3ccccc34)n2)cc1. The quantitative estimate of drug-likeness (QED) is 0.188. The maximum atomic E-state index is 6.67. The largest absolute Gasteiger partial charge is 0.455 e. The zero-order valence-electron chi connectivity index (χ0n) is 26.9. The Labute approximate surface area is 287 Å². The third kappa shape index (κ3) is 4.52. The van der Waals surface area contributed by atoms with Crippen LogP contribution in [-0.4, -0.2) is 19.5 Å². The first-order valence-corrected chi connectivity index (χ1v) is 16.7. The van der Waals surface area contributed by atoms with Crippen LogP contribution < -0.4 is 0 Å². The molecule has 0 spiro atoms. The Hall–Kier alpha value is -6.85. The number of nitrogens with zero attached hydrogens (tertiary/aromatic N) is 4. The highest BCUT2D eigenvalue weighted by molar-refractivity contribution is 6.16. The molecule has 5 nitrogen and oxygen atoms in total. The summed E-state index contributed by atoms with van der Waals surface area (Å²) >= 11 is 0. The molecule has 0 atom stereocenters. The molecule has 0 aliphatic rings. The average molecular weight is 641 g/mol. The van der Waals surface area contributed by atoms with Crippen LogP contribution in [0, 0.1) is 0 Å². The highest BCUT2D eigenvalue weighted by atomic mass is 16.3. The molecule has 0 N–H and O–H groups in total. The van der Waals surface area contributed by atoms with Crippen molar-refractivity contribution in [1.29, 1.82) is 0 Å². The zero-order valence-corrected chi connectivity index (χ0v) is 26.9. The molecule has 10 rings (SSSR count). The van der Waals surface area contributed by atoms with E-state index in [1.54, 1.807) is 0 Å². The number of benzene rings is 7. The van der Waals surface area contributed by atoms with Crippen LogP contribution in [0.5, 0.6) is 0 Å². The van der Waals surface area contributed by atoms with E-state index < -0.39 is 0 Å². The van der Waals surface area contributed by atoms with Gasteiger partial charge in [-0.1, -0.05) is 133 Å². The van der Waals surface area contributed by atoms with Gasteiger partial charge in [-0.2, -0.15) is 0 Å². The van der Waals surface area contributed by atoms with Gasteiger partial charge >= 0.3 is 0 Å². The first kappa shape index (κ1) is 28.2. The standard InChI is InChI=1S/C45H28N4O/c1-3-13-30(14-4-1)43-46-44(31-15-5-2-6-16-31)48-45(47-43)37-28-27-33(41-36-19-9-12-22-40(36)50-42(37)41)29-23-25-32(26-24-29)49-38-20-10-7-17-34(38)35-18-8-11-21-39(35)49/h1-28H. The molecular weight excluding hydrogens is 613 g/mol. The second-order valence-electron chi connectivity index (χ2n) is 12.4. The van der Waals surface area contributed by atoms with E-state index in [0.29, 0.717) is 17.5 Å².